The first-order chi connectivity index (χ1) is 13.7. The zero-order valence-corrected chi connectivity index (χ0v) is 15.3. The Kier molecular flexibility index (Phi) is 3.83. The van der Waals surface area contributed by atoms with Crippen LogP contribution in [0, 0.1) is 6.92 Å². The molecule has 28 heavy (non-hydrogen) atoms. The lowest BCUT2D eigenvalue weighted by Gasteiger charge is -2.09. The number of H-pyrrole nitrogens is 1. The Bertz CT molecular complexity index is 1210. The molecule has 1 amide bonds. The van der Waals surface area contributed by atoms with Crippen molar-refractivity contribution in [3.63, 3.8) is 0 Å². The first kappa shape index (κ1) is 16.5. The minimum Gasteiger partial charge on any atom is -0.491 e. The number of amides is 1. The van der Waals surface area contributed by atoms with Crippen molar-refractivity contribution in [2.75, 3.05) is 13.2 Å². The lowest BCUT2D eigenvalue weighted by atomic mass is 10.00. The molecule has 4 heterocycles. The van der Waals surface area contributed by atoms with Gasteiger partial charge >= 0.3 is 0 Å². The van der Waals surface area contributed by atoms with Crippen LogP contribution < -0.4 is 10.1 Å². The minimum atomic E-state index is -0.103. The summed E-state index contributed by atoms with van der Waals surface area (Å²) in [5, 5.41) is 3.84. The van der Waals surface area contributed by atoms with Gasteiger partial charge in [-0.3, -0.25) is 9.78 Å². The van der Waals surface area contributed by atoms with Gasteiger partial charge in [-0.05, 0) is 42.3 Å². The number of hydrogen-bond donors (Lipinski definition) is 2. The van der Waals surface area contributed by atoms with E-state index in [2.05, 4.69) is 33.3 Å². The number of rotatable bonds is 2. The average molecular weight is 370 g/mol. The molecule has 1 aliphatic rings. The van der Waals surface area contributed by atoms with Crippen LogP contribution in [0.1, 0.15) is 15.9 Å². The van der Waals surface area contributed by atoms with Crippen molar-refractivity contribution in [3.8, 4) is 28.0 Å². The minimum absolute atomic E-state index is 0.103. The molecule has 0 atom stereocenters. The molecule has 1 aromatic carbocycles. The summed E-state index contributed by atoms with van der Waals surface area (Å²) >= 11 is 0. The highest BCUT2D eigenvalue weighted by Crippen LogP contribution is 2.34. The van der Waals surface area contributed by atoms with Crippen LogP contribution >= 0.6 is 0 Å². The normalized spacial score (nSPS) is 13.5. The number of aromatic nitrogens is 3. The predicted molar refractivity (Wildman–Crippen MR) is 107 cm³/mol. The molecule has 6 heteroatoms. The molecular formula is C22H18N4O2. The van der Waals surface area contributed by atoms with Crippen molar-refractivity contribution in [1.82, 2.24) is 20.3 Å². The molecule has 0 unspecified atom stereocenters. The van der Waals surface area contributed by atoms with E-state index in [4.69, 9.17) is 4.74 Å². The number of nitrogens with one attached hydrogen (secondary N) is 2. The topological polar surface area (TPSA) is 79.9 Å². The number of nitrogens with zero attached hydrogens (tertiary/aromatic N) is 2. The van der Waals surface area contributed by atoms with E-state index in [1.807, 2.05) is 42.9 Å². The van der Waals surface area contributed by atoms with Crippen molar-refractivity contribution in [3.05, 3.63) is 66.2 Å². The third-order valence-electron chi connectivity index (χ3n) is 5.06. The summed E-state index contributed by atoms with van der Waals surface area (Å²) in [5.74, 6) is 0.503. The van der Waals surface area contributed by atoms with Gasteiger partial charge < -0.3 is 15.0 Å². The highest BCUT2D eigenvalue weighted by Gasteiger charge is 2.18. The van der Waals surface area contributed by atoms with Crippen LogP contribution in [-0.2, 0) is 0 Å². The van der Waals surface area contributed by atoms with Crippen molar-refractivity contribution in [2.24, 2.45) is 0 Å². The summed E-state index contributed by atoms with van der Waals surface area (Å²) in [7, 11) is 0. The Morgan fingerprint density at radius 2 is 1.96 bits per heavy atom. The molecule has 0 spiro atoms. The van der Waals surface area contributed by atoms with E-state index < -0.39 is 0 Å². The van der Waals surface area contributed by atoms with Gasteiger partial charge in [0.15, 0.2) is 0 Å². The van der Waals surface area contributed by atoms with Crippen LogP contribution in [0.25, 0.3) is 33.3 Å². The lowest BCUT2D eigenvalue weighted by molar-refractivity contribution is 0.0957. The molecule has 1 aliphatic heterocycles. The second kappa shape index (κ2) is 6.49. The Morgan fingerprint density at radius 1 is 1.04 bits per heavy atom. The van der Waals surface area contributed by atoms with Gasteiger partial charge in [-0.25, -0.2) is 4.98 Å². The fourth-order valence-corrected chi connectivity index (χ4v) is 3.57. The number of carbonyl (C=O) groups is 1. The molecule has 0 aliphatic carbocycles. The van der Waals surface area contributed by atoms with Crippen LogP contribution in [-0.4, -0.2) is 34.0 Å². The molecule has 4 aromatic rings. The van der Waals surface area contributed by atoms with Crippen molar-refractivity contribution < 1.29 is 9.53 Å². The SMILES string of the molecule is Cc1ccncc1-c1cnc2[nH]cc(-c3ccc4c(c3)OCCNC4=O)c2c1. The maximum absolute atomic E-state index is 12.1. The van der Waals surface area contributed by atoms with E-state index in [1.54, 1.807) is 6.20 Å². The number of pyridine rings is 2. The van der Waals surface area contributed by atoms with E-state index >= 15 is 0 Å². The Labute approximate surface area is 161 Å². The Balaban J connectivity index is 1.64. The molecule has 5 rings (SSSR count). The summed E-state index contributed by atoms with van der Waals surface area (Å²) in [4.78, 5) is 24.2. The van der Waals surface area contributed by atoms with E-state index in [9.17, 15) is 4.79 Å². The van der Waals surface area contributed by atoms with Crippen LogP contribution in [0.15, 0.2) is 55.1 Å². The molecule has 0 radical (unpaired) electrons. The quantitative estimate of drug-likeness (QED) is 0.564. The fraction of sp³-hybridized carbons (Fsp3) is 0.136. The summed E-state index contributed by atoms with van der Waals surface area (Å²) in [6, 6.07) is 9.79. The zero-order valence-electron chi connectivity index (χ0n) is 15.3. The zero-order chi connectivity index (χ0) is 19.1. The predicted octanol–water partition coefficient (Wildman–Crippen LogP) is 3.72. The van der Waals surface area contributed by atoms with E-state index in [-0.39, 0.29) is 5.91 Å². The van der Waals surface area contributed by atoms with E-state index in [0.717, 1.165) is 38.9 Å². The summed E-state index contributed by atoms with van der Waals surface area (Å²) < 4.78 is 5.76. The van der Waals surface area contributed by atoms with Crippen molar-refractivity contribution in [1.29, 1.82) is 0 Å². The Hall–Kier alpha value is -3.67. The average Bonchev–Trinajstić information content (AvgIpc) is 3.05. The Morgan fingerprint density at radius 3 is 2.86 bits per heavy atom. The number of aryl methyl sites for hydroxylation is 1. The first-order valence-corrected chi connectivity index (χ1v) is 9.14. The van der Waals surface area contributed by atoms with Crippen molar-refractivity contribution >= 4 is 16.9 Å². The van der Waals surface area contributed by atoms with Crippen molar-refractivity contribution in [2.45, 2.75) is 6.92 Å². The first-order valence-electron chi connectivity index (χ1n) is 9.14. The second-order valence-corrected chi connectivity index (χ2v) is 6.83. The number of aromatic amines is 1. The summed E-state index contributed by atoms with van der Waals surface area (Å²) in [6.07, 6.45) is 7.45. The number of fused-ring (bicyclic) bond motifs is 2. The molecular weight excluding hydrogens is 352 g/mol. The molecule has 0 bridgehead atoms. The van der Waals surface area contributed by atoms with Gasteiger partial charge in [0.2, 0.25) is 0 Å². The molecule has 0 saturated carbocycles. The van der Waals surface area contributed by atoms with Crippen LogP contribution in [0.2, 0.25) is 0 Å². The third-order valence-corrected chi connectivity index (χ3v) is 5.06. The number of hydrogen-bond acceptors (Lipinski definition) is 4. The third kappa shape index (κ3) is 2.70. The second-order valence-electron chi connectivity index (χ2n) is 6.83. The van der Waals surface area contributed by atoms with Gasteiger partial charge in [0.25, 0.3) is 5.91 Å². The number of ether oxygens (including phenoxy) is 1. The van der Waals surface area contributed by atoms with Crippen LogP contribution in [0.5, 0.6) is 5.75 Å². The van der Waals surface area contributed by atoms with Crippen LogP contribution in [0.3, 0.4) is 0 Å². The van der Waals surface area contributed by atoms with Crippen LogP contribution in [0.4, 0.5) is 0 Å². The summed E-state index contributed by atoms with van der Waals surface area (Å²) in [6.45, 7) is 3.03. The van der Waals surface area contributed by atoms with Gasteiger partial charge in [0.1, 0.15) is 18.0 Å². The lowest BCUT2D eigenvalue weighted by Crippen LogP contribution is -2.24. The number of carbonyl (C=O) groups excluding carboxylic acids is 1. The number of benzene rings is 1. The van der Waals surface area contributed by atoms with Gasteiger partial charge in [-0.1, -0.05) is 6.07 Å². The monoisotopic (exact) mass is 370 g/mol. The molecule has 2 N–H and O–H groups in total. The fourth-order valence-electron chi connectivity index (χ4n) is 3.57. The standard InChI is InChI=1S/C22H18N4O2/c1-13-4-5-23-11-18(13)15-8-17-19(12-26-21(17)25-10-15)14-2-3-16-20(9-14)28-7-6-24-22(16)27/h2-5,8-12H,6-7H2,1H3,(H,24,27)(H,25,26). The molecule has 0 saturated heterocycles. The van der Waals surface area contributed by atoms with E-state index in [0.29, 0.717) is 24.5 Å². The van der Waals surface area contributed by atoms with Gasteiger partial charge in [0, 0.05) is 46.9 Å². The molecule has 6 nitrogen and oxygen atoms in total. The van der Waals surface area contributed by atoms with E-state index in [1.165, 1.54) is 0 Å². The molecule has 138 valence electrons. The van der Waals surface area contributed by atoms with Gasteiger partial charge in [-0.15, -0.1) is 0 Å². The maximum Gasteiger partial charge on any atom is 0.255 e. The largest absolute Gasteiger partial charge is 0.491 e. The van der Waals surface area contributed by atoms with Gasteiger partial charge in [0.05, 0.1) is 12.1 Å². The summed E-state index contributed by atoms with van der Waals surface area (Å²) in [5.41, 5.74) is 6.59. The smallest absolute Gasteiger partial charge is 0.255 e. The van der Waals surface area contributed by atoms with Gasteiger partial charge in [-0.2, -0.15) is 0 Å². The molecule has 0 fully saturated rings. The molecule has 3 aromatic heterocycles. The highest BCUT2D eigenvalue weighted by atomic mass is 16.5. The highest BCUT2D eigenvalue weighted by molar-refractivity contribution is 6.00. The maximum atomic E-state index is 12.1.